The predicted octanol–water partition coefficient (Wildman–Crippen LogP) is 2.63. The number of aromatic nitrogens is 2. The number of amides is 1. The van der Waals surface area contributed by atoms with E-state index >= 15 is 0 Å². The van der Waals surface area contributed by atoms with Crippen molar-refractivity contribution in [3.8, 4) is 5.75 Å². The van der Waals surface area contributed by atoms with Crippen LogP contribution in [0, 0.1) is 0 Å². The quantitative estimate of drug-likeness (QED) is 0.756. The maximum atomic E-state index is 11.0. The first kappa shape index (κ1) is 14.8. The van der Waals surface area contributed by atoms with Gasteiger partial charge in [-0.05, 0) is 43.3 Å². The first-order valence-electron chi connectivity index (χ1n) is 7.15. The molecule has 6 nitrogen and oxygen atoms in total. The Morgan fingerprint density at radius 2 is 2.00 bits per heavy atom. The number of fused-ring (bicyclic) bond motifs is 1. The highest BCUT2D eigenvalue weighted by molar-refractivity contribution is 5.92. The molecule has 1 heterocycles. The van der Waals surface area contributed by atoms with Crippen molar-refractivity contribution in [2.45, 2.75) is 13.0 Å². The molecule has 1 amide bonds. The molecular formula is C17H16N4O2. The number of anilines is 2. The van der Waals surface area contributed by atoms with E-state index in [0.717, 1.165) is 22.3 Å². The number of nitrogens with zero attached hydrogens (tertiary/aromatic N) is 2. The lowest BCUT2D eigenvalue weighted by molar-refractivity contribution is -0.123. The molecule has 0 aliphatic heterocycles. The van der Waals surface area contributed by atoms with Crippen molar-refractivity contribution < 1.29 is 9.53 Å². The molecule has 23 heavy (non-hydrogen) atoms. The smallest absolute Gasteiger partial charge is 0.258 e. The molecule has 116 valence electrons. The highest BCUT2D eigenvalue weighted by Gasteiger charge is 2.10. The third-order valence-corrected chi connectivity index (χ3v) is 3.40. The summed E-state index contributed by atoms with van der Waals surface area (Å²) < 4.78 is 5.43. The fraction of sp³-hybridized carbons (Fsp3) is 0.118. The first-order chi connectivity index (χ1) is 11.1. The highest BCUT2D eigenvalue weighted by atomic mass is 16.5. The molecule has 6 heteroatoms. The Hall–Kier alpha value is -3.15. The van der Waals surface area contributed by atoms with Gasteiger partial charge >= 0.3 is 0 Å². The zero-order chi connectivity index (χ0) is 16.2. The summed E-state index contributed by atoms with van der Waals surface area (Å²) in [6.45, 7) is 1.62. The van der Waals surface area contributed by atoms with E-state index < -0.39 is 12.0 Å². The van der Waals surface area contributed by atoms with Gasteiger partial charge in [-0.1, -0.05) is 6.07 Å². The second-order valence-electron chi connectivity index (χ2n) is 5.07. The van der Waals surface area contributed by atoms with Crippen LogP contribution in [0.25, 0.3) is 10.9 Å². The fourth-order valence-corrected chi connectivity index (χ4v) is 2.15. The van der Waals surface area contributed by atoms with Gasteiger partial charge in [0.1, 0.15) is 12.1 Å². The topological polar surface area (TPSA) is 90.1 Å². The molecule has 0 spiro atoms. The molecule has 0 bridgehead atoms. The van der Waals surface area contributed by atoms with Gasteiger partial charge in [-0.25, -0.2) is 9.97 Å². The van der Waals surface area contributed by atoms with Gasteiger partial charge in [0.25, 0.3) is 5.91 Å². The molecule has 0 radical (unpaired) electrons. The number of carbonyl (C=O) groups is 1. The summed E-state index contributed by atoms with van der Waals surface area (Å²) in [5.74, 6) is 0.0889. The number of hydrogen-bond acceptors (Lipinski definition) is 5. The van der Waals surface area contributed by atoms with Crippen LogP contribution in [0.4, 0.5) is 11.4 Å². The van der Waals surface area contributed by atoms with E-state index in [-0.39, 0.29) is 0 Å². The Labute approximate surface area is 133 Å². The Balaban J connectivity index is 1.79. The minimum Gasteiger partial charge on any atom is -0.481 e. The molecule has 3 rings (SSSR count). The molecular weight excluding hydrogens is 292 g/mol. The van der Waals surface area contributed by atoms with E-state index in [1.54, 1.807) is 25.3 Å². The maximum absolute atomic E-state index is 11.0. The molecule has 1 atom stereocenters. The lowest BCUT2D eigenvalue weighted by Gasteiger charge is -2.13. The number of nitrogens with one attached hydrogen (secondary N) is 1. The molecule has 0 saturated heterocycles. The number of nitrogens with two attached hydrogens (primary N) is 1. The van der Waals surface area contributed by atoms with Crippen molar-refractivity contribution in [2.75, 3.05) is 5.32 Å². The lowest BCUT2D eigenvalue weighted by atomic mass is 10.2. The summed E-state index contributed by atoms with van der Waals surface area (Å²) in [6.07, 6.45) is 2.64. The van der Waals surface area contributed by atoms with Crippen LogP contribution in [-0.4, -0.2) is 22.0 Å². The summed E-state index contributed by atoms with van der Waals surface area (Å²) in [6, 6.07) is 13.1. The first-order valence-corrected chi connectivity index (χ1v) is 7.15. The highest BCUT2D eigenvalue weighted by Crippen LogP contribution is 2.25. The van der Waals surface area contributed by atoms with E-state index in [1.165, 1.54) is 6.33 Å². The molecule has 2 aromatic carbocycles. The third-order valence-electron chi connectivity index (χ3n) is 3.40. The number of carbonyl (C=O) groups excluding carboxylic acids is 1. The average molecular weight is 308 g/mol. The van der Waals surface area contributed by atoms with Crippen LogP contribution in [-0.2, 0) is 4.79 Å². The summed E-state index contributed by atoms with van der Waals surface area (Å²) in [7, 11) is 0. The summed E-state index contributed by atoms with van der Waals surface area (Å²) in [5.41, 5.74) is 7.86. The average Bonchev–Trinajstić information content (AvgIpc) is 2.57. The van der Waals surface area contributed by atoms with Gasteiger partial charge in [0.05, 0.1) is 5.52 Å². The van der Waals surface area contributed by atoms with Crippen LogP contribution in [0.3, 0.4) is 0 Å². The molecule has 3 aromatic rings. The van der Waals surface area contributed by atoms with Gasteiger partial charge in [-0.3, -0.25) is 4.79 Å². The number of ether oxygens (including phenoxy) is 1. The van der Waals surface area contributed by atoms with Crippen molar-refractivity contribution in [1.82, 2.24) is 9.97 Å². The van der Waals surface area contributed by atoms with Gasteiger partial charge in [0.15, 0.2) is 6.10 Å². The van der Waals surface area contributed by atoms with Crippen LogP contribution in [0.5, 0.6) is 5.75 Å². The van der Waals surface area contributed by atoms with Crippen molar-refractivity contribution in [3.05, 3.63) is 55.0 Å². The normalized spacial score (nSPS) is 11.9. The second-order valence-corrected chi connectivity index (χ2v) is 5.07. The van der Waals surface area contributed by atoms with E-state index in [4.69, 9.17) is 10.5 Å². The van der Waals surface area contributed by atoms with E-state index in [9.17, 15) is 4.79 Å². The molecule has 0 aliphatic rings. The summed E-state index contributed by atoms with van der Waals surface area (Å²) in [4.78, 5) is 19.3. The van der Waals surface area contributed by atoms with Crippen molar-refractivity contribution >= 4 is 28.2 Å². The van der Waals surface area contributed by atoms with Crippen molar-refractivity contribution in [2.24, 2.45) is 5.73 Å². The van der Waals surface area contributed by atoms with Gasteiger partial charge < -0.3 is 15.8 Å². The van der Waals surface area contributed by atoms with Crippen LogP contribution in [0.1, 0.15) is 6.92 Å². The van der Waals surface area contributed by atoms with Crippen LogP contribution in [0.2, 0.25) is 0 Å². The summed E-state index contributed by atoms with van der Waals surface area (Å²) in [5, 5.41) is 4.27. The van der Waals surface area contributed by atoms with E-state index in [1.807, 2.05) is 30.3 Å². The van der Waals surface area contributed by atoms with Crippen LogP contribution in [0.15, 0.2) is 55.0 Å². The molecule has 0 aliphatic carbocycles. The SMILES string of the molecule is CC(Oc1ccc(Nc2cccc3ncncc23)cc1)C(N)=O. The standard InChI is InChI=1S/C17H16N4O2/c1-11(17(18)22)23-13-7-5-12(6-8-13)21-16-4-2-3-15-14(16)9-19-10-20-15/h2-11,21H,1H3,(H2,18,22). The lowest BCUT2D eigenvalue weighted by Crippen LogP contribution is -2.30. The van der Waals surface area contributed by atoms with E-state index in [2.05, 4.69) is 15.3 Å². The summed E-state index contributed by atoms with van der Waals surface area (Å²) >= 11 is 0. The number of benzene rings is 2. The van der Waals surface area contributed by atoms with Crippen molar-refractivity contribution in [3.63, 3.8) is 0 Å². The second kappa shape index (κ2) is 6.31. The van der Waals surface area contributed by atoms with Crippen LogP contribution < -0.4 is 15.8 Å². The number of hydrogen-bond donors (Lipinski definition) is 2. The minimum atomic E-state index is -0.663. The molecule has 3 N–H and O–H groups in total. The minimum absolute atomic E-state index is 0.497. The van der Waals surface area contributed by atoms with Gasteiger partial charge in [0, 0.05) is 23.0 Å². The molecule has 0 saturated carbocycles. The Kier molecular flexibility index (Phi) is 4.05. The molecule has 1 unspecified atom stereocenters. The van der Waals surface area contributed by atoms with Crippen molar-refractivity contribution in [1.29, 1.82) is 0 Å². The third kappa shape index (κ3) is 3.37. The Bertz CT molecular complexity index is 828. The number of rotatable bonds is 5. The fourth-order valence-electron chi connectivity index (χ4n) is 2.15. The van der Waals surface area contributed by atoms with Gasteiger partial charge in [0.2, 0.25) is 0 Å². The van der Waals surface area contributed by atoms with Gasteiger partial charge in [-0.15, -0.1) is 0 Å². The molecule has 0 fully saturated rings. The predicted molar refractivity (Wildman–Crippen MR) is 88.5 cm³/mol. The number of primary amides is 1. The van der Waals surface area contributed by atoms with Gasteiger partial charge in [-0.2, -0.15) is 0 Å². The Morgan fingerprint density at radius 1 is 1.22 bits per heavy atom. The zero-order valence-corrected chi connectivity index (χ0v) is 12.6. The zero-order valence-electron chi connectivity index (χ0n) is 12.6. The Morgan fingerprint density at radius 3 is 2.74 bits per heavy atom. The largest absolute Gasteiger partial charge is 0.481 e. The maximum Gasteiger partial charge on any atom is 0.258 e. The van der Waals surface area contributed by atoms with E-state index in [0.29, 0.717) is 5.75 Å². The monoisotopic (exact) mass is 308 g/mol. The van der Waals surface area contributed by atoms with Crippen LogP contribution >= 0.6 is 0 Å². The molecule has 1 aromatic heterocycles.